The molecule has 4 heterocycles. The quantitative estimate of drug-likeness (QED) is 0.167. The molecule has 2 aromatic carbocycles. The molecule has 2 saturated heterocycles. The number of anilines is 3. The van der Waals surface area contributed by atoms with Gasteiger partial charge in [-0.1, -0.05) is 34.7 Å². The summed E-state index contributed by atoms with van der Waals surface area (Å²) in [6.45, 7) is 2.78. The highest BCUT2D eigenvalue weighted by Gasteiger charge is 2.33. The molecule has 6 rings (SSSR count). The first-order valence-corrected chi connectivity index (χ1v) is 14.5. The highest BCUT2D eigenvalue weighted by Crippen LogP contribution is 2.37. The molecular formula is C29H33IN6O3. The average molecular weight is 641 g/mol. The number of ether oxygens (including phenoxy) is 2. The van der Waals surface area contributed by atoms with E-state index in [4.69, 9.17) is 14.6 Å². The Morgan fingerprint density at radius 3 is 2.62 bits per heavy atom. The van der Waals surface area contributed by atoms with Gasteiger partial charge in [0.05, 0.1) is 47.5 Å². The van der Waals surface area contributed by atoms with Crippen LogP contribution in [0.2, 0.25) is 0 Å². The van der Waals surface area contributed by atoms with Crippen LogP contribution < -0.4 is 19.7 Å². The molecule has 3 unspecified atom stereocenters. The first kappa shape index (κ1) is 26.1. The predicted molar refractivity (Wildman–Crippen MR) is 162 cm³/mol. The number of aliphatic hydroxyl groups excluding tert-OH is 1. The van der Waals surface area contributed by atoms with Gasteiger partial charge in [-0.05, 0) is 55.7 Å². The van der Waals surface area contributed by atoms with Crippen molar-refractivity contribution in [2.45, 2.75) is 35.5 Å². The fourth-order valence-electron chi connectivity index (χ4n) is 5.72. The number of halogens is 1. The van der Waals surface area contributed by atoms with E-state index in [1.165, 1.54) is 0 Å². The lowest BCUT2D eigenvalue weighted by Gasteiger charge is -2.41. The topological polar surface area (TPSA) is 87.4 Å². The Labute approximate surface area is 241 Å². The summed E-state index contributed by atoms with van der Waals surface area (Å²) < 4.78 is 13.6. The number of hydrogen-bond acceptors (Lipinski definition) is 8. The monoisotopic (exact) mass is 640 g/mol. The number of methoxy groups -OCH3 is 2. The molecule has 0 radical (unpaired) electrons. The number of benzene rings is 2. The SMILES string of the molecule is COc1cc(N2CCC(N3CCC(O)C3)CC2I)ccc1Nc1ncc2ccc(-c3ccccc3OC)n2n1. The maximum absolute atomic E-state index is 9.95. The number of alkyl halides is 1. The smallest absolute Gasteiger partial charge is 0.245 e. The number of aromatic nitrogens is 3. The van der Waals surface area contributed by atoms with Crippen LogP contribution in [0.1, 0.15) is 19.3 Å². The zero-order valence-corrected chi connectivity index (χ0v) is 24.3. The van der Waals surface area contributed by atoms with Gasteiger partial charge in [0.25, 0.3) is 0 Å². The number of nitrogens with zero attached hydrogens (tertiary/aromatic N) is 5. The lowest BCUT2D eigenvalue weighted by Crippen LogP contribution is -2.47. The predicted octanol–water partition coefficient (Wildman–Crippen LogP) is 4.95. The molecule has 3 atom stereocenters. The van der Waals surface area contributed by atoms with Gasteiger partial charge >= 0.3 is 0 Å². The van der Waals surface area contributed by atoms with Crippen molar-refractivity contribution in [3.63, 3.8) is 0 Å². The molecule has 0 bridgehead atoms. The summed E-state index contributed by atoms with van der Waals surface area (Å²) in [6.07, 6.45) is 4.69. The maximum Gasteiger partial charge on any atom is 0.245 e. The second-order valence-corrected chi connectivity index (χ2v) is 11.5. The number of piperidine rings is 1. The zero-order valence-electron chi connectivity index (χ0n) is 22.1. The molecule has 0 aliphatic carbocycles. The number of β-amino-alcohol motifs (C(OH)–C–C–N with tert-alkyl or cyclic N) is 1. The summed E-state index contributed by atoms with van der Waals surface area (Å²) >= 11 is 2.55. The van der Waals surface area contributed by atoms with Gasteiger partial charge in [0.15, 0.2) is 0 Å². The van der Waals surface area contributed by atoms with Gasteiger partial charge in [-0.2, -0.15) is 0 Å². The normalized spacial score (nSPS) is 21.8. The summed E-state index contributed by atoms with van der Waals surface area (Å²) in [7, 11) is 3.36. The molecule has 10 heteroatoms. The van der Waals surface area contributed by atoms with Crippen molar-refractivity contribution in [1.29, 1.82) is 0 Å². The number of fused-ring (bicyclic) bond motifs is 1. The van der Waals surface area contributed by atoms with Gasteiger partial charge in [-0.25, -0.2) is 9.50 Å². The Hall–Kier alpha value is -3.09. The maximum atomic E-state index is 9.95. The number of para-hydroxylation sites is 1. The van der Waals surface area contributed by atoms with E-state index in [2.05, 4.69) is 54.8 Å². The van der Waals surface area contributed by atoms with Crippen molar-refractivity contribution in [2.75, 3.05) is 44.1 Å². The molecule has 2 aliphatic heterocycles. The van der Waals surface area contributed by atoms with Gasteiger partial charge in [0, 0.05) is 43.0 Å². The number of aliphatic hydroxyl groups is 1. The lowest BCUT2D eigenvalue weighted by atomic mass is 10.0. The van der Waals surface area contributed by atoms with Crippen molar-refractivity contribution >= 4 is 45.4 Å². The van der Waals surface area contributed by atoms with Crippen molar-refractivity contribution in [1.82, 2.24) is 19.5 Å². The molecule has 0 saturated carbocycles. The molecule has 39 heavy (non-hydrogen) atoms. The molecule has 2 aromatic heterocycles. The first-order chi connectivity index (χ1) is 19.0. The van der Waals surface area contributed by atoms with Crippen LogP contribution in [0.25, 0.3) is 16.8 Å². The van der Waals surface area contributed by atoms with Gasteiger partial charge in [-0.3, -0.25) is 4.90 Å². The summed E-state index contributed by atoms with van der Waals surface area (Å²) in [5, 5.41) is 18.1. The summed E-state index contributed by atoms with van der Waals surface area (Å²) in [5.41, 5.74) is 4.72. The minimum absolute atomic E-state index is 0.171. The van der Waals surface area contributed by atoms with E-state index < -0.39 is 0 Å². The number of likely N-dealkylation sites (tertiary alicyclic amines) is 1. The van der Waals surface area contributed by atoms with Crippen LogP contribution in [0.15, 0.2) is 60.8 Å². The first-order valence-electron chi connectivity index (χ1n) is 13.3. The average Bonchev–Trinajstić information content (AvgIpc) is 3.59. The molecule has 0 amide bonds. The molecule has 4 aromatic rings. The third kappa shape index (κ3) is 5.24. The highest BCUT2D eigenvalue weighted by atomic mass is 127. The fraction of sp³-hybridized carbons (Fsp3) is 0.379. The largest absolute Gasteiger partial charge is 0.496 e. The molecule has 0 spiro atoms. The number of nitrogens with one attached hydrogen (secondary N) is 1. The van der Waals surface area contributed by atoms with E-state index >= 15 is 0 Å². The molecule has 2 N–H and O–H groups in total. The number of hydrogen-bond donors (Lipinski definition) is 2. The Balaban J connectivity index is 1.21. The standard InChI is InChI=1S/C29H33IN6O3/c1-38-26-6-4-3-5-23(26)25-10-8-21-17-31-29(33-36(21)25)32-24-9-7-20(15-27(24)39-2)35-14-11-19(16-28(35)30)34-13-12-22(37)18-34/h3-10,15,17,19,22,28,37H,11-14,16,18H2,1-2H3,(H,32,33). The zero-order chi connectivity index (χ0) is 26.9. The Morgan fingerprint density at radius 2 is 1.85 bits per heavy atom. The van der Waals surface area contributed by atoms with Gasteiger partial charge < -0.3 is 24.8 Å². The van der Waals surface area contributed by atoms with Crippen LogP contribution in [0, 0.1) is 0 Å². The Morgan fingerprint density at radius 1 is 1.00 bits per heavy atom. The summed E-state index contributed by atoms with van der Waals surface area (Å²) in [4.78, 5) is 9.44. The van der Waals surface area contributed by atoms with E-state index in [1.807, 2.05) is 47.0 Å². The Kier molecular flexibility index (Phi) is 7.50. The fourth-order valence-corrected chi connectivity index (χ4v) is 6.91. The van der Waals surface area contributed by atoms with E-state index in [9.17, 15) is 5.11 Å². The van der Waals surface area contributed by atoms with Gasteiger partial charge in [0.1, 0.15) is 11.5 Å². The summed E-state index contributed by atoms with van der Waals surface area (Å²) in [6, 6.07) is 18.7. The lowest BCUT2D eigenvalue weighted by molar-refractivity contribution is 0.147. The second-order valence-electron chi connectivity index (χ2n) is 10.1. The second kappa shape index (κ2) is 11.2. The minimum Gasteiger partial charge on any atom is -0.496 e. The van der Waals surface area contributed by atoms with Crippen molar-refractivity contribution in [3.05, 3.63) is 60.8 Å². The van der Waals surface area contributed by atoms with E-state index in [1.54, 1.807) is 20.4 Å². The molecule has 2 aliphatic rings. The van der Waals surface area contributed by atoms with Crippen molar-refractivity contribution < 1.29 is 14.6 Å². The van der Waals surface area contributed by atoms with E-state index in [0.29, 0.717) is 16.0 Å². The van der Waals surface area contributed by atoms with Gasteiger partial charge in [0.2, 0.25) is 5.95 Å². The van der Waals surface area contributed by atoms with Crippen LogP contribution in [0.5, 0.6) is 11.5 Å². The van der Waals surface area contributed by atoms with Crippen LogP contribution in [-0.4, -0.2) is 74.7 Å². The molecule has 204 valence electrons. The van der Waals surface area contributed by atoms with E-state index in [0.717, 1.165) is 78.5 Å². The Bertz CT molecular complexity index is 1460. The molecule has 9 nitrogen and oxygen atoms in total. The molecule has 2 fully saturated rings. The third-order valence-corrected chi connectivity index (χ3v) is 8.94. The van der Waals surface area contributed by atoms with Crippen molar-refractivity contribution in [3.8, 4) is 22.8 Å². The molecular weight excluding hydrogens is 607 g/mol. The van der Waals surface area contributed by atoms with Crippen LogP contribution in [0.4, 0.5) is 17.3 Å². The minimum atomic E-state index is -0.171. The third-order valence-electron chi connectivity index (χ3n) is 7.76. The highest BCUT2D eigenvalue weighted by molar-refractivity contribution is 14.1. The number of rotatable bonds is 7. The van der Waals surface area contributed by atoms with E-state index in [-0.39, 0.29) is 6.10 Å². The van der Waals surface area contributed by atoms with Crippen LogP contribution in [0.3, 0.4) is 0 Å². The summed E-state index contributed by atoms with van der Waals surface area (Å²) in [5.74, 6) is 2.00. The van der Waals surface area contributed by atoms with Crippen LogP contribution in [-0.2, 0) is 0 Å². The van der Waals surface area contributed by atoms with Crippen LogP contribution >= 0.6 is 22.6 Å². The van der Waals surface area contributed by atoms with Crippen molar-refractivity contribution in [2.24, 2.45) is 0 Å². The van der Waals surface area contributed by atoms with Gasteiger partial charge in [-0.15, -0.1) is 5.10 Å².